The molecule has 8 heteroatoms. The summed E-state index contributed by atoms with van der Waals surface area (Å²) >= 11 is 1.68. The normalized spacial score (nSPS) is 18.0. The summed E-state index contributed by atoms with van der Waals surface area (Å²) in [6.45, 7) is 5.19. The number of pyridine rings is 1. The lowest BCUT2D eigenvalue weighted by molar-refractivity contribution is 0.284. The minimum atomic E-state index is 0.445. The number of nitrogens with one attached hydrogen (secondary N) is 1. The summed E-state index contributed by atoms with van der Waals surface area (Å²) in [5, 5.41) is 4.38. The molecule has 3 heterocycles. The fourth-order valence-electron chi connectivity index (χ4n) is 3.09. The quantitative estimate of drug-likeness (QED) is 0.620. The Labute approximate surface area is 168 Å². The first-order valence-electron chi connectivity index (χ1n) is 9.24. The second-order valence-corrected chi connectivity index (χ2v) is 8.19. The first-order valence-corrected chi connectivity index (χ1v) is 10.1. The van der Waals surface area contributed by atoms with Gasteiger partial charge in [-0.1, -0.05) is 0 Å². The third-order valence-electron chi connectivity index (χ3n) is 4.67. The van der Waals surface area contributed by atoms with Gasteiger partial charge in [-0.3, -0.25) is 4.98 Å². The molecular formula is C20H23N5O2S. The van der Waals surface area contributed by atoms with Gasteiger partial charge in [0.25, 0.3) is 0 Å². The standard InChI is InChI=1S/C20H23N5O2S/c1-12-24-19(23-10-16-9-21-13(2)28-16)7-20(25-12)27-11-14-6-17(14)18-5-4-15(26-3)8-22-18/h4-5,7-9,14,17H,6,10-11H2,1-3H3,(H,23,24,25)/t14-,17+/m1/s1. The first kappa shape index (κ1) is 18.6. The maximum Gasteiger partial charge on any atom is 0.218 e. The van der Waals surface area contributed by atoms with E-state index in [2.05, 4.69) is 25.3 Å². The van der Waals surface area contributed by atoms with Gasteiger partial charge in [-0.25, -0.2) is 9.97 Å². The lowest BCUT2D eigenvalue weighted by Crippen LogP contribution is -2.07. The summed E-state index contributed by atoms with van der Waals surface area (Å²) in [4.78, 5) is 18.8. The van der Waals surface area contributed by atoms with Crippen LogP contribution in [0.5, 0.6) is 11.6 Å². The first-order chi connectivity index (χ1) is 13.6. The molecule has 1 aliphatic carbocycles. The minimum absolute atomic E-state index is 0.445. The molecular weight excluding hydrogens is 374 g/mol. The van der Waals surface area contributed by atoms with E-state index in [4.69, 9.17) is 9.47 Å². The van der Waals surface area contributed by atoms with Gasteiger partial charge in [0, 0.05) is 34.7 Å². The van der Waals surface area contributed by atoms with E-state index < -0.39 is 0 Å². The number of thiazole rings is 1. The molecule has 0 amide bonds. The van der Waals surface area contributed by atoms with Crippen molar-refractivity contribution in [3.05, 3.63) is 52.0 Å². The summed E-state index contributed by atoms with van der Waals surface area (Å²) in [5.41, 5.74) is 1.09. The van der Waals surface area contributed by atoms with Gasteiger partial charge in [-0.2, -0.15) is 4.98 Å². The molecule has 1 aliphatic rings. The van der Waals surface area contributed by atoms with Crippen molar-refractivity contribution in [2.75, 3.05) is 19.0 Å². The largest absolute Gasteiger partial charge is 0.495 e. The topological polar surface area (TPSA) is 82.0 Å². The van der Waals surface area contributed by atoms with Crippen LogP contribution >= 0.6 is 11.3 Å². The molecule has 7 nitrogen and oxygen atoms in total. The van der Waals surface area contributed by atoms with Crippen LogP contribution in [0.3, 0.4) is 0 Å². The van der Waals surface area contributed by atoms with E-state index >= 15 is 0 Å². The molecule has 1 N–H and O–H groups in total. The molecule has 1 fully saturated rings. The van der Waals surface area contributed by atoms with Crippen LogP contribution in [-0.4, -0.2) is 33.7 Å². The third kappa shape index (κ3) is 4.56. The highest BCUT2D eigenvalue weighted by Crippen LogP contribution is 2.46. The van der Waals surface area contributed by atoms with E-state index in [0.29, 0.717) is 36.7 Å². The van der Waals surface area contributed by atoms with Gasteiger partial charge >= 0.3 is 0 Å². The summed E-state index contributed by atoms with van der Waals surface area (Å²) in [6.07, 6.45) is 4.74. The number of aromatic nitrogens is 4. The van der Waals surface area contributed by atoms with E-state index in [1.165, 1.54) is 4.88 Å². The maximum atomic E-state index is 5.95. The molecule has 0 aromatic carbocycles. The maximum absolute atomic E-state index is 5.95. The van der Waals surface area contributed by atoms with Gasteiger partial charge in [-0.15, -0.1) is 11.3 Å². The van der Waals surface area contributed by atoms with Crippen molar-refractivity contribution >= 4 is 17.2 Å². The molecule has 0 unspecified atom stereocenters. The van der Waals surface area contributed by atoms with Crippen LogP contribution in [0.2, 0.25) is 0 Å². The van der Waals surface area contributed by atoms with Crippen molar-refractivity contribution < 1.29 is 9.47 Å². The predicted molar refractivity (Wildman–Crippen MR) is 108 cm³/mol. The summed E-state index contributed by atoms with van der Waals surface area (Å²) in [6, 6.07) is 5.83. The molecule has 3 aromatic heterocycles. The molecule has 0 saturated heterocycles. The Balaban J connectivity index is 1.31. The van der Waals surface area contributed by atoms with Crippen molar-refractivity contribution in [3.8, 4) is 11.6 Å². The highest BCUT2D eigenvalue weighted by Gasteiger charge is 2.40. The summed E-state index contributed by atoms with van der Waals surface area (Å²) in [5.74, 6) is 3.74. The van der Waals surface area contributed by atoms with Crippen LogP contribution in [0.4, 0.5) is 5.82 Å². The van der Waals surface area contributed by atoms with Crippen LogP contribution < -0.4 is 14.8 Å². The van der Waals surface area contributed by atoms with Crippen LogP contribution in [-0.2, 0) is 6.54 Å². The predicted octanol–water partition coefficient (Wildman–Crippen LogP) is 3.75. The number of anilines is 1. The lowest BCUT2D eigenvalue weighted by Gasteiger charge is -2.09. The zero-order chi connectivity index (χ0) is 19.5. The number of hydrogen-bond donors (Lipinski definition) is 1. The van der Waals surface area contributed by atoms with Gasteiger partial charge < -0.3 is 14.8 Å². The van der Waals surface area contributed by atoms with E-state index in [9.17, 15) is 0 Å². The molecule has 0 spiro atoms. The molecule has 28 heavy (non-hydrogen) atoms. The van der Waals surface area contributed by atoms with Crippen molar-refractivity contribution in [3.63, 3.8) is 0 Å². The number of rotatable bonds is 8. The van der Waals surface area contributed by atoms with Crippen molar-refractivity contribution in [1.29, 1.82) is 0 Å². The van der Waals surface area contributed by atoms with Crippen molar-refractivity contribution in [2.45, 2.75) is 32.7 Å². The molecule has 4 rings (SSSR count). The molecule has 146 valence electrons. The van der Waals surface area contributed by atoms with E-state index in [0.717, 1.165) is 28.7 Å². The van der Waals surface area contributed by atoms with Crippen LogP contribution in [0.25, 0.3) is 0 Å². The van der Waals surface area contributed by atoms with Crippen LogP contribution in [0.15, 0.2) is 30.6 Å². The van der Waals surface area contributed by atoms with E-state index in [1.807, 2.05) is 38.2 Å². The van der Waals surface area contributed by atoms with E-state index in [-0.39, 0.29) is 0 Å². The number of hydrogen-bond acceptors (Lipinski definition) is 8. The summed E-state index contributed by atoms with van der Waals surface area (Å²) in [7, 11) is 1.65. The number of methoxy groups -OCH3 is 1. The fraction of sp³-hybridized carbons (Fsp3) is 0.400. The van der Waals surface area contributed by atoms with Gasteiger partial charge in [-0.05, 0) is 32.4 Å². The zero-order valence-electron chi connectivity index (χ0n) is 16.2. The number of ether oxygens (including phenoxy) is 2. The Kier molecular flexibility index (Phi) is 5.38. The van der Waals surface area contributed by atoms with Crippen molar-refractivity contribution in [1.82, 2.24) is 19.9 Å². The van der Waals surface area contributed by atoms with Gasteiger partial charge in [0.1, 0.15) is 17.4 Å². The molecule has 3 aromatic rings. The molecule has 0 radical (unpaired) electrons. The van der Waals surface area contributed by atoms with E-state index in [1.54, 1.807) is 24.6 Å². The molecule has 0 aliphatic heterocycles. The Hall–Kier alpha value is -2.74. The second-order valence-electron chi connectivity index (χ2n) is 6.87. The van der Waals surface area contributed by atoms with Gasteiger partial charge in [0.05, 0.1) is 31.5 Å². The average Bonchev–Trinajstić information content (AvgIpc) is 3.36. The zero-order valence-corrected chi connectivity index (χ0v) is 17.0. The molecule has 1 saturated carbocycles. The average molecular weight is 398 g/mol. The Morgan fingerprint density at radius 3 is 2.79 bits per heavy atom. The second kappa shape index (κ2) is 8.10. The lowest BCUT2D eigenvalue weighted by atomic mass is 10.2. The number of aryl methyl sites for hydroxylation is 2. The van der Waals surface area contributed by atoms with Crippen LogP contribution in [0, 0.1) is 19.8 Å². The van der Waals surface area contributed by atoms with Gasteiger partial charge in [0.15, 0.2) is 0 Å². The minimum Gasteiger partial charge on any atom is -0.495 e. The van der Waals surface area contributed by atoms with Gasteiger partial charge in [0.2, 0.25) is 5.88 Å². The molecule has 0 bridgehead atoms. The third-order valence-corrected chi connectivity index (χ3v) is 5.58. The fourth-order valence-corrected chi connectivity index (χ4v) is 3.82. The van der Waals surface area contributed by atoms with Crippen molar-refractivity contribution in [2.24, 2.45) is 5.92 Å². The highest BCUT2D eigenvalue weighted by atomic mass is 32.1. The highest BCUT2D eigenvalue weighted by molar-refractivity contribution is 7.11. The smallest absolute Gasteiger partial charge is 0.218 e. The SMILES string of the molecule is COc1ccc([C@H]2C[C@@H]2COc2cc(NCc3cnc(C)s3)nc(C)n2)nc1. The summed E-state index contributed by atoms with van der Waals surface area (Å²) < 4.78 is 11.1. The Bertz CT molecular complexity index is 944. The number of nitrogens with zero attached hydrogens (tertiary/aromatic N) is 4. The monoisotopic (exact) mass is 397 g/mol. The molecule has 2 atom stereocenters. The van der Waals surface area contributed by atoms with Crippen LogP contribution in [0.1, 0.15) is 33.7 Å². The Morgan fingerprint density at radius 1 is 1.18 bits per heavy atom. The Morgan fingerprint density at radius 2 is 2.07 bits per heavy atom.